The molecule has 0 aliphatic heterocycles. The average Bonchev–Trinajstić information content (AvgIpc) is 3.28. The second-order valence-electron chi connectivity index (χ2n) is 18.7. The molecule has 0 heterocycles. The normalized spacial score (nSPS) is 21.4. The van der Waals surface area contributed by atoms with E-state index in [4.69, 9.17) is 18.5 Å². The minimum Gasteiger partial charge on any atom is -0.462 e. The molecular weight excluding hydrogens is 840 g/mol. The number of aliphatic hydroxyl groups is 5. The van der Waals surface area contributed by atoms with E-state index in [0.717, 1.165) is 38.5 Å². The van der Waals surface area contributed by atoms with Crippen molar-refractivity contribution in [3.63, 3.8) is 0 Å². The standard InChI is InChI=1S/C50H97O13P/c1-3-5-7-9-11-13-15-17-19-21-22-23-25-27-29-31-33-35-37-39-44(52)62-42(41-61-64(58,59)63-50-48(56)46(54)45(53)47(55)49(50)57)40-60-43(51)38-36-34-32-30-28-26-24-20-18-16-14-12-10-8-6-4-2/h42,45-50,53-57H,3-41H2,1-2H3,(H,58,59). The number of hydrogen-bond donors (Lipinski definition) is 6. The quantitative estimate of drug-likeness (QED) is 0.0191. The molecule has 0 bridgehead atoms. The van der Waals surface area contributed by atoms with Gasteiger partial charge in [-0.3, -0.25) is 18.6 Å². The van der Waals surface area contributed by atoms with E-state index in [1.54, 1.807) is 0 Å². The van der Waals surface area contributed by atoms with Crippen molar-refractivity contribution in [2.75, 3.05) is 13.2 Å². The van der Waals surface area contributed by atoms with Crippen LogP contribution in [0, 0.1) is 0 Å². The van der Waals surface area contributed by atoms with Gasteiger partial charge >= 0.3 is 19.8 Å². The average molecular weight is 937 g/mol. The van der Waals surface area contributed by atoms with Crippen molar-refractivity contribution >= 4 is 19.8 Å². The van der Waals surface area contributed by atoms with Gasteiger partial charge in [0.2, 0.25) is 0 Å². The zero-order chi connectivity index (χ0) is 47.1. The van der Waals surface area contributed by atoms with E-state index in [1.165, 1.54) is 173 Å². The molecule has 0 amide bonds. The summed E-state index contributed by atoms with van der Waals surface area (Å²) in [5.41, 5.74) is 0. The highest BCUT2D eigenvalue weighted by molar-refractivity contribution is 7.47. The van der Waals surface area contributed by atoms with Crippen molar-refractivity contribution < 1.29 is 63.1 Å². The summed E-state index contributed by atoms with van der Waals surface area (Å²) in [7, 11) is -5.11. The van der Waals surface area contributed by atoms with Gasteiger partial charge < -0.3 is 39.9 Å². The number of phosphoric ester groups is 1. The zero-order valence-electron chi connectivity index (χ0n) is 40.6. The first-order valence-corrected chi connectivity index (χ1v) is 27.8. The van der Waals surface area contributed by atoms with Crippen LogP contribution in [0.25, 0.3) is 0 Å². The van der Waals surface area contributed by atoms with Crippen LogP contribution < -0.4 is 0 Å². The Morgan fingerprint density at radius 1 is 0.422 bits per heavy atom. The fraction of sp³-hybridized carbons (Fsp3) is 0.960. The molecule has 64 heavy (non-hydrogen) atoms. The van der Waals surface area contributed by atoms with E-state index >= 15 is 0 Å². The van der Waals surface area contributed by atoms with E-state index in [1.807, 2.05) is 0 Å². The smallest absolute Gasteiger partial charge is 0.462 e. The maximum absolute atomic E-state index is 12.8. The van der Waals surface area contributed by atoms with Crippen molar-refractivity contribution in [3.8, 4) is 0 Å². The van der Waals surface area contributed by atoms with Gasteiger partial charge in [0.15, 0.2) is 6.10 Å². The molecule has 1 saturated carbocycles. The summed E-state index contributed by atoms with van der Waals surface area (Å²) in [6.07, 6.45) is 30.0. The number of carbonyl (C=O) groups is 2. The number of aliphatic hydroxyl groups excluding tert-OH is 5. The SMILES string of the molecule is CCCCCCCCCCCCCCCCCCCCCC(=O)OC(COC(=O)CCCCCCCCCCCCCCCCCC)COP(=O)(O)OC1C(O)C(O)C(O)C(O)C1O. The predicted molar refractivity (Wildman–Crippen MR) is 254 cm³/mol. The third-order valence-electron chi connectivity index (χ3n) is 12.7. The van der Waals surface area contributed by atoms with Gasteiger partial charge in [0.25, 0.3) is 0 Å². The summed E-state index contributed by atoms with van der Waals surface area (Å²) < 4.78 is 33.7. The number of phosphoric acid groups is 1. The largest absolute Gasteiger partial charge is 0.472 e. The van der Waals surface area contributed by atoms with Crippen LogP contribution in [0.4, 0.5) is 0 Å². The molecule has 380 valence electrons. The molecule has 6 atom stereocenters. The second-order valence-corrected chi connectivity index (χ2v) is 20.2. The Bertz CT molecular complexity index is 1130. The molecule has 1 aliphatic rings. The Labute approximate surface area is 389 Å². The molecule has 0 aromatic carbocycles. The molecule has 1 fully saturated rings. The van der Waals surface area contributed by atoms with Crippen molar-refractivity contribution in [1.82, 2.24) is 0 Å². The maximum atomic E-state index is 12.8. The van der Waals surface area contributed by atoms with Gasteiger partial charge in [0.05, 0.1) is 6.61 Å². The Morgan fingerprint density at radius 2 is 0.703 bits per heavy atom. The Kier molecular flexibility index (Phi) is 38.9. The number of esters is 2. The highest BCUT2D eigenvalue weighted by Crippen LogP contribution is 2.47. The number of carbonyl (C=O) groups excluding carboxylic acids is 2. The molecule has 13 nitrogen and oxygen atoms in total. The van der Waals surface area contributed by atoms with E-state index in [2.05, 4.69) is 13.8 Å². The molecular formula is C50H97O13P. The van der Waals surface area contributed by atoms with E-state index in [0.29, 0.717) is 12.8 Å². The van der Waals surface area contributed by atoms with Crippen LogP contribution in [-0.2, 0) is 32.7 Å². The minimum atomic E-state index is -5.11. The fourth-order valence-corrected chi connectivity index (χ4v) is 9.44. The first-order valence-electron chi connectivity index (χ1n) is 26.3. The summed E-state index contributed by atoms with van der Waals surface area (Å²) in [5, 5.41) is 50.3. The number of ether oxygens (including phenoxy) is 2. The molecule has 6 unspecified atom stereocenters. The third kappa shape index (κ3) is 32.5. The molecule has 0 spiro atoms. The Balaban J connectivity index is 2.37. The van der Waals surface area contributed by atoms with Crippen molar-refractivity contribution in [2.24, 2.45) is 0 Å². The van der Waals surface area contributed by atoms with Crippen LogP contribution in [0.15, 0.2) is 0 Å². The zero-order valence-corrected chi connectivity index (χ0v) is 41.5. The maximum Gasteiger partial charge on any atom is 0.472 e. The summed E-state index contributed by atoms with van der Waals surface area (Å²) in [6.45, 7) is 3.35. The summed E-state index contributed by atoms with van der Waals surface area (Å²) in [4.78, 5) is 35.8. The predicted octanol–water partition coefficient (Wildman–Crippen LogP) is 11.2. The lowest BCUT2D eigenvalue weighted by Gasteiger charge is -2.41. The molecule has 6 N–H and O–H groups in total. The molecule has 0 radical (unpaired) electrons. The number of rotatable bonds is 45. The topological polar surface area (TPSA) is 210 Å². The molecule has 0 saturated heterocycles. The molecule has 0 aromatic rings. The van der Waals surface area contributed by atoms with Gasteiger partial charge in [0, 0.05) is 12.8 Å². The van der Waals surface area contributed by atoms with Gasteiger partial charge in [-0.15, -0.1) is 0 Å². The van der Waals surface area contributed by atoms with Gasteiger partial charge in [-0.1, -0.05) is 226 Å². The third-order valence-corrected chi connectivity index (χ3v) is 13.7. The first kappa shape index (κ1) is 60.9. The molecule has 1 aliphatic carbocycles. The fourth-order valence-electron chi connectivity index (χ4n) is 8.47. The Morgan fingerprint density at radius 3 is 1.03 bits per heavy atom. The lowest BCUT2D eigenvalue weighted by atomic mass is 9.85. The van der Waals surface area contributed by atoms with Crippen LogP contribution in [0.2, 0.25) is 0 Å². The number of unbranched alkanes of at least 4 members (excludes halogenated alkanes) is 33. The molecule has 0 aromatic heterocycles. The highest BCUT2D eigenvalue weighted by Gasteiger charge is 2.51. The van der Waals surface area contributed by atoms with Gasteiger partial charge in [-0.25, -0.2) is 4.57 Å². The lowest BCUT2D eigenvalue weighted by molar-refractivity contribution is -0.220. The van der Waals surface area contributed by atoms with Gasteiger partial charge in [-0.05, 0) is 12.8 Å². The monoisotopic (exact) mass is 937 g/mol. The van der Waals surface area contributed by atoms with Crippen molar-refractivity contribution in [3.05, 3.63) is 0 Å². The minimum absolute atomic E-state index is 0.106. The van der Waals surface area contributed by atoms with Crippen LogP contribution >= 0.6 is 7.82 Å². The van der Waals surface area contributed by atoms with Crippen LogP contribution in [0.3, 0.4) is 0 Å². The first-order chi connectivity index (χ1) is 30.9. The molecule has 1 rings (SSSR count). The molecule has 14 heteroatoms. The van der Waals surface area contributed by atoms with E-state index < -0.39 is 75.7 Å². The van der Waals surface area contributed by atoms with Crippen LogP contribution in [-0.4, -0.2) is 98.3 Å². The van der Waals surface area contributed by atoms with E-state index in [-0.39, 0.29) is 12.8 Å². The van der Waals surface area contributed by atoms with Crippen LogP contribution in [0.1, 0.15) is 251 Å². The van der Waals surface area contributed by atoms with Crippen molar-refractivity contribution in [1.29, 1.82) is 0 Å². The highest BCUT2D eigenvalue weighted by atomic mass is 31.2. The summed E-state index contributed by atoms with van der Waals surface area (Å²) in [5.74, 6) is -1.08. The lowest BCUT2D eigenvalue weighted by Crippen LogP contribution is -2.64. The second kappa shape index (κ2) is 40.9. The van der Waals surface area contributed by atoms with Gasteiger partial charge in [0.1, 0.15) is 43.2 Å². The van der Waals surface area contributed by atoms with E-state index in [9.17, 15) is 44.6 Å². The van der Waals surface area contributed by atoms with Gasteiger partial charge in [-0.2, -0.15) is 0 Å². The summed E-state index contributed by atoms with van der Waals surface area (Å²) in [6, 6.07) is 0. The van der Waals surface area contributed by atoms with Crippen molar-refractivity contribution in [2.45, 2.75) is 294 Å². The Hall–Kier alpha value is -1.15. The van der Waals surface area contributed by atoms with Crippen LogP contribution in [0.5, 0.6) is 0 Å². The number of hydrogen-bond acceptors (Lipinski definition) is 12. The summed E-state index contributed by atoms with van der Waals surface area (Å²) >= 11 is 0.